The zero-order valence-corrected chi connectivity index (χ0v) is 21.5. The summed E-state index contributed by atoms with van der Waals surface area (Å²) in [6.45, 7) is 6.31. The third kappa shape index (κ3) is 4.92. The molecule has 0 aliphatic carbocycles. The lowest BCUT2D eigenvalue weighted by molar-refractivity contribution is -0.136. The van der Waals surface area contributed by atoms with Crippen LogP contribution in [0.25, 0.3) is 0 Å². The molecule has 200 valence electrons. The molecule has 38 heavy (non-hydrogen) atoms. The SMILES string of the molecule is O=C1CCC(N2Cc3cc(C4CCN(Cc5ccc(N6CCOCC6)cc5)CC4)c(F)cc3C2=O)C(=O)N1. The number of hydrogen-bond donors (Lipinski definition) is 1. The van der Waals surface area contributed by atoms with Crippen LogP contribution in [0.4, 0.5) is 10.1 Å². The van der Waals surface area contributed by atoms with E-state index < -0.39 is 11.9 Å². The Hall–Kier alpha value is -3.30. The number of rotatable bonds is 5. The standard InChI is InChI=1S/C29H33FN4O4/c30-25-16-24-21(18-34(29(24)37)26-5-6-27(35)31-28(26)36)15-23(25)20-7-9-32(10-8-20)17-19-1-3-22(4-2-19)33-11-13-38-14-12-33/h1-4,15-16,20,26H,5-14,17-18H2,(H,31,35,36). The predicted molar refractivity (Wildman–Crippen MR) is 139 cm³/mol. The van der Waals surface area contributed by atoms with E-state index in [0.29, 0.717) is 17.5 Å². The Morgan fingerprint density at radius 3 is 2.39 bits per heavy atom. The molecule has 3 amide bonds. The number of nitrogens with zero attached hydrogens (tertiary/aromatic N) is 3. The van der Waals surface area contributed by atoms with E-state index in [-0.39, 0.29) is 36.5 Å². The number of likely N-dealkylation sites (tertiary alicyclic amines) is 1. The quantitative estimate of drug-likeness (QED) is 0.611. The number of imide groups is 1. The van der Waals surface area contributed by atoms with Crippen molar-refractivity contribution in [2.24, 2.45) is 0 Å². The first kappa shape index (κ1) is 25.0. The lowest BCUT2D eigenvalue weighted by Gasteiger charge is -2.33. The van der Waals surface area contributed by atoms with Crippen LogP contribution < -0.4 is 10.2 Å². The molecule has 0 saturated carbocycles. The van der Waals surface area contributed by atoms with E-state index in [1.165, 1.54) is 22.2 Å². The second-order valence-electron chi connectivity index (χ2n) is 10.7. The maximum absolute atomic E-state index is 15.2. The minimum atomic E-state index is -0.690. The molecule has 2 aromatic carbocycles. The van der Waals surface area contributed by atoms with Crippen molar-refractivity contribution in [3.63, 3.8) is 0 Å². The summed E-state index contributed by atoms with van der Waals surface area (Å²) in [6, 6.07) is 11.3. The second kappa shape index (κ2) is 10.5. The number of ether oxygens (including phenoxy) is 1. The molecule has 1 unspecified atom stereocenters. The van der Waals surface area contributed by atoms with Gasteiger partial charge in [0.2, 0.25) is 11.8 Å². The average Bonchev–Trinajstić information content (AvgIpc) is 3.24. The summed E-state index contributed by atoms with van der Waals surface area (Å²) in [5.74, 6) is -1.36. The monoisotopic (exact) mass is 520 g/mol. The van der Waals surface area contributed by atoms with E-state index in [1.807, 2.05) is 6.07 Å². The van der Waals surface area contributed by atoms with Gasteiger partial charge in [-0.3, -0.25) is 24.6 Å². The summed E-state index contributed by atoms with van der Waals surface area (Å²) in [5.41, 5.74) is 4.26. The summed E-state index contributed by atoms with van der Waals surface area (Å²) in [4.78, 5) is 43.0. The van der Waals surface area contributed by atoms with Gasteiger partial charge in [0.25, 0.3) is 5.91 Å². The highest BCUT2D eigenvalue weighted by Gasteiger charge is 2.40. The highest BCUT2D eigenvalue weighted by atomic mass is 19.1. The lowest BCUT2D eigenvalue weighted by atomic mass is 9.87. The van der Waals surface area contributed by atoms with Gasteiger partial charge in [-0.25, -0.2) is 4.39 Å². The van der Waals surface area contributed by atoms with Gasteiger partial charge in [0.05, 0.1) is 13.2 Å². The van der Waals surface area contributed by atoms with Crippen molar-refractivity contribution < 1.29 is 23.5 Å². The predicted octanol–water partition coefficient (Wildman–Crippen LogP) is 2.80. The zero-order valence-electron chi connectivity index (χ0n) is 21.5. The summed E-state index contributed by atoms with van der Waals surface area (Å²) in [5, 5.41) is 2.31. The van der Waals surface area contributed by atoms with Crippen LogP contribution in [0.2, 0.25) is 0 Å². The van der Waals surface area contributed by atoms with Gasteiger partial charge in [-0.1, -0.05) is 18.2 Å². The number of fused-ring (bicyclic) bond motifs is 1. The highest BCUT2D eigenvalue weighted by molar-refractivity contribution is 6.05. The Balaban J connectivity index is 1.07. The first-order valence-corrected chi connectivity index (χ1v) is 13.6. The van der Waals surface area contributed by atoms with Crippen LogP contribution in [-0.4, -0.2) is 73.0 Å². The zero-order chi connectivity index (χ0) is 26.2. The van der Waals surface area contributed by atoms with E-state index in [2.05, 4.69) is 39.4 Å². The molecule has 3 fully saturated rings. The largest absolute Gasteiger partial charge is 0.378 e. The minimum Gasteiger partial charge on any atom is -0.378 e. The van der Waals surface area contributed by atoms with Crippen LogP contribution in [-0.2, 0) is 27.4 Å². The van der Waals surface area contributed by atoms with Gasteiger partial charge in [0.1, 0.15) is 11.9 Å². The highest BCUT2D eigenvalue weighted by Crippen LogP contribution is 2.35. The number of hydrogen-bond acceptors (Lipinski definition) is 6. The summed E-state index contributed by atoms with van der Waals surface area (Å²) >= 11 is 0. The minimum absolute atomic E-state index is 0.0972. The topological polar surface area (TPSA) is 82.2 Å². The Labute approximate surface area is 221 Å². The van der Waals surface area contributed by atoms with Crippen LogP contribution in [0.5, 0.6) is 0 Å². The molecule has 6 rings (SSSR count). The Morgan fingerprint density at radius 1 is 0.947 bits per heavy atom. The molecule has 1 atom stereocenters. The van der Waals surface area contributed by atoms with Crippen LogP contribution in [0.1, 0.15) is 58.6 Å². The smallest absolute Gasteiger partial charge is 0.255 e. The van der Waals surface area contributed by atoms with Crippen molar-refractivity contribution >= 4 is 23.4 Å². The molecule has 4 aliphatic rings. The molecule has 0 aromatic heterocycles. The van der Waals surface area contributed by atoms with Crippen molar-refractivity contribution in [2.75, 3.05) is 44.3 Å². The van der Waals surface area contributed by atoms with Crippen molar-refractivity contribution in [3.8, 4) is 0 Å². The van der Waals surface area contributed by atoms with Gasteiger partial charge in [-0.15, -0.1) is 0 Å². The molecule has 9 heteroatoms. The fraction of sp³-hybridized carbons (Fsp3) is 0.483. The second-order valence-corrected chi connectivity index (χ2v) is 10.7. The number of nitrogens with one attached hydrogen (secondary N) is 1. The normalized spacial score (nSPS) is 23.1. The third-order valence-electron chi connectivity index (χ3n) is 8.39. The molecule has 0 spiro atoms. The van der Waals surface area contributed by atoms with Crippen LogP contribution >= 0.6 is 0 Å². The van der Waals surface area contributed by atoms with Gasteiger partial charge in [0, 0.05) is 43.9 Å². The molecule has 8 nitrogen and oxygen atoms in total. The van der Waals surface area contributed by atoms with Crippen molar-refractivity contribution in [1.29, 1.82) is 0 Å². The van der Waals surface area contributed by atoms with E-state index in [4.69, 9.17) is 4.74 Å². The van der Waals surface area contributed by atoms with Crippen LogP contribution in [0.15, 0.2) is 36.4 Å². The molecule has 2 aromatic rings. The van der Waals surface area contributed by atoms with Crippen molar-refractivity contribution in [2.45, 2.75) is 50.7 Å². The number of amides is 3. The van der Waals surface area contributed by atoms with Gasteiger partial charge in [0.15, 0.2) is 0 Å². The van der Waals surface area contributed by atoms with Gasteiger partial charge in [-0.05, 0) is 73.2 Å². The van der Waals surface area contributed by atoms with E-state index >= 15 is 4.39 Å². The molecule has 3 saturated heterocycles. The number of piperidine rings is 2. The fourth-order valence-corrected chi connectivity index (χ4v) is 6.22. The maximum atomic E-state index is 15.2. The molecule has 0 radical (unpaired) electrons. The number of carbonyl (C=O) groups is 3. The molecule has 4 aliphatic heterocycles. The van der Waals surface area contributed by atoms with Gasteiger partial charge < -0.3 is 14.5 Å². The number of carbonyl (C=O) groups excluding carboxylic acids is 3. The van der Waals surface area contributed by atoms with Crippen LogP contribution in [0.3, 0.4) is 0 Å². The fourth-order valence-electron chi connectivity index (χ4n) is 6.22. The Morgan fingerprint density at radius 2 is 1.68 bits per heavy atom. The van der Waals surface area contributed by atoms with Gasteiger partial charge >= 0.3 is 0 Å². The van der Waals surface area contributed by atoms with Crippen LogP contribution in [0, 0.1) is 5.82 Å². The summed E-state index contributed by atoms with van der Waals surface area (Å²) in [7, 11) is 0. The number of benzene rings is 2. The average molecular weight is 521 g/mol. The Kier molecular flexibility index (Phi) is 6.88. The summed E-state index contributed by atoms with van der Waals surface area (Å²) < 4.78 is 20.7. The third-order valence-corrected chi connectivity index (χ3v) is 8.39. The Bertz CT molecular complexity index is 1240. The molecular weight excluding hydrogens is 487 g/mol. The maximum Gasteiger partial charge on any atom is 0.255 e. The first-order chi connectivity index (χ1) is 18.5. The summed E-state index contributed by atoms with van der Waals surface area (Å²) in [6.07, 6.45) is 2.21. The van der Waals surface area contributed by atoms with E-state index in [0.717, 1.165) is 64.3 Å². The van der Waals surface area contributed by atoms with Crippen molar-refractivity contribution in [3.05, 3.63) is 64.5 Å². The van der Waals surface area contributed by atoms with E-state index in [9.17, 15) is 14.4 Å². The molecular formula is C29H33FN4O4. The van der Waals surface area contributed by atoms with Crippen molar-refractivity contribution in [1.82, 2.24) is 15.1 Å². The molecule has 1 N–H and O–H groups in total. The number of anilines is 1. The van der Waals surface area contributed by atoms with E-state index in [1.54, 1.807) is 0 Å². The van der Waals surface area contributed by atoms with Gasteiger partial charge in [-0.2, -0.15) is 0 Å². The molecule has 4 heterocycles. The number of halogens is 1. The molecule has 0 bridgehead atoms. The lowest BCUT2D eigenvalue weighted by Crippen LogP contribution is -2.52. The number of morpholine rings is 1. The first-order valence-electron chi connectivity index (χ1n) is 13.6.